The maximum Gasteiger partial charge on any atom is 0.417 e. The molecule has 2 N–H and O–H groups in total. The lowest BCUT2D eigenvalue weighted by atomic mass is 9.98. The second kappa shape index (κ2) is 5.46. The molecule has 0 spiro atoms. The SMILES string of the molecule is CNC(c1cc(F)cc(Br)c1)c1ccc2[nH]c(=O)oc2c1. The van der Waals surface area contributed by atoms with Crippen LogP contribution in [-0.2, 0) is 0 Å². The standard InChI is InChI=1S/C15H12BrFN2O2/c1-18-14(9-4-10(16)7-11(17)5-9)8-2-3-12-13(6-8)21-15(20)19-12/h2-7,14,18H,1H3,(H,19,20). The topological polar surface area (TPSA) is 58.0 Å². The Balaban J connectivity index is 2.10. The summed E-state index contributed by atoms with van der Waals surface area (Å²) < 4.78 is 19.3. The van der Waals surface area contributed by atoms with Crippen LogP contribution in [0.3, 0.4) is 0 Å². The fourth-order valence-electron chi connectivity index (χ4n) is 2.41. The monoisotopic (exact) mass is 350 g/mol. The van der Waals surface area contributed by atoms with Crippen LogP contribution in [0.15, 0.2) is 50.1 Å². The van der Waals surface area contributed by atoms with Crippen LogP contribution in [0.1, 0.15) is 17.2 Å². The fourth-order valence-corrected chi connectivity index (χ4v) is 2.89. The summed E-state index contributed by atoms with van der Waals surface area (Å²) in [7, 11) is 1.79. The van der Waals surface area contributed by atoms with E-state index in [1.807, 2.05) is 12.1 Å². The van der Waals surface area contributed by atoms with Crippen molar-refractivity contribution in [1.82, 2.24) is 10.3 Å². The summed E-state index contributed by atoms with van der Waals surface area (Å²) >= 11 is 3.29. The van der Waals surface area contributed by atoms with Crippen LogP contribution >= 0.6 is 15.9 Å². The number of oxazole rings is 1. The minimum absolute atomic E-state index is 0.207. The Morgan fingerprint density at radius 3 is 2.76 bits per heavy atom. The van der Waals surface area contributed by atoms with Gasteiger partial charge in [0.1, 0.15) is 5.82 Å². The second-order valence-electron chi connectivity index (χ2n) is 4.69. The summed E-state index contributed by atoms with van der Waals surface area (Å²) in [5, 5.41) is 3.14. The highest BCUT2D eigenvalue weighted by Gasteiger charge is 2.15. The van der Waals surface area contributed by atoms with Gasteiger partial charge < -0.3 is 9.73 Å². The molecule has 0 radical (unpaired) electrons. The second-order valence-corrected chi connectivity index (χ2v) is 5.61. The number of nitrogens with one attached hydrogen (secondary N) is 2. The normalized spacial score (nSPS) is 12.7. The molecule has 1 unspecified atom stereocenters. The Bertz CT molecular complexity index is 836. The summed E-state index contributed by atoms with van der Waals surface area (Å²) in [5.74, 6) is -0.800. The first kappa shape index (κ1) is 14.0. The molecule has 108 valence electrons. The number of H-pyrrole nitrogens is 1. The van der Waals surface area contributed by atoms with Crippen LogP contribution in [0.4, 0.5) is 4.39 Å². The third kappa shape index (κ3) is 2.77. The number of hydrogen-bond donors (Lipinski definition) is 2. The Hall–Kier alpha value is -1.92. The summed E-state index contributed by atoms with van der Waals surface area (Å²) in [4.78, 5) is 13.8. The number of fused-ring (bicyclic) bond motifs is 1. The first-order valence-electron chi connectivity index (χ1n) is 6.33. The van der Waals surface area contributed by atoms with Gasteiger partial charge in [0, 0.05) is 4.47 Å². The average Bonchev–Trinajstić information content (AvgIpc) is 2.78. The van der Waals surface area contributed by atoms with Crippen molar-refractivity contribution in [3.63, 3.8) is 0 Å². The van der Waals surface area contributed by atoms with Gasteiger partial charge >= 0.3 is 5.76 Å². The Morgan fingerprint density at radius 2 is 2.05 bits per heavy atom. The van der Waals surface area contributed by atoms with Crippen LogP contribution in [0.25, 0.3) is 11.1 Å². The third-order valence-electron chi connectivity index (χ3n) is 3.29. The number of aromatic amines is 1. The largest absolute Gasteiger partial charge is 0.417 e. The quantitative estimate of drug-likeness (QED) is 0.761. The molecule has 0 bridgehead atoms. The number of hydrogen-bond acceptors (Lipinski definition) is 3. The molecule has 2 aromatic carbocycles. The van der Waals surface area contributed by atoms with Crippen LogP contribution < -0.4 is 11.1 Å². The maximum atomic E-state index is 13.6. The van der Waals surface area contributed by atoms with Gasteiger partial charge in [0.15, 0.2) is 5.58 Å². The maximum absolute atomic E-state index is 13.6. The molecule has 0 fully saturated rings. The molecule has 21 heavy (non-hydrogen) atoms. The molecule has 1 atom stereocenters. The summed E-state index contributed by atoms with van der Waals surface area (Å²) in [6.07, 6.45) is 0. The zero-order valence-corrected chi connectivity index (χ0v) is 12.7. The lowest BCUT2D eigenvalue weighted by Crippen LogP contribution is -2.17. The van der Waals surface area contributed by atoms with Crippen molar-refractivity contribution in [3.05, 3.63) is 68.4 Å². The van der Waals surface area contributed by atoms with Crippen molar-refractivity contribution in [2.24, 2.45) is 0 Å². The van der Waals surface area contributed by atoms with Crippen LogP contribution in [0.2, 0.25) is 0 Å². The van der Waals surface area contributed by atoms with E-state index in [-0.39, 0.29) is 11.9 Å². The van der Waals surface area contributed by atoms with Crippen LogP contribution in [0.5, 0.6) is 0 Å². The van der Waals surface area contributed by atoms with Crippen LogP contribution in [0, 0.1) is 5.82 Å². The highest BCUT2D eigenvalue weighted by molar-refractivity contribution is 9.10. The van der Waals surface area contributed by atoms with Gasteiger partial charge in [-0.3, -0.25) is 4.98 Å². The zero-order chi connectivity index (χ0) is 15.0. The lowest BCUT2D eigenvalue weighted by Gasteiger charge is -2.17. The molecule has 6 heteroatoms. The van der Waals surface area contributed by atoms with E-state index in [2.05, 4.69) is 26.2 Å². The lowest BCUT2D eigenvalue weighted by molar-refractivity contribution is 0.554. The fraction of sp³-hybridized carbons (Fsp3) is 0.133. The van der Waals surface area contributed by atoms with Crippen molar-refractivity contribution in [3.8, 4) is 0 Å². The van der Waals surface area contributed by atoms with Crippen molar-refractivity contribution < 1.29 is 8.81 Å². The molecule has 0 saturated carbocycles. The van der Waals surface area contributed by atoms with E-state index in [9.17, 15) is 9.18 Å². The van der Waals surface area contributed by atoms with E-state index in [0.717, 1.165) is 11.1 Å². The first-order chi connectivity index (χ1) is 10.1. The predicted molar refractivity (Wildman–Crippen MR) is 81.8 cm³/mol. The minimum Gasteiger partial charge on any atom is -0.408 e. The van der Waals surface area contributed by atoms with E-state index in [1.54, 1.807) is 19.2 Å². The van der Waals surface area contributed by atoms with E-state index in [4.69, 9.17) is 4.42 Å². The van der Waals surface area contributed by atoms with E-state index in [0.29, 0.717) is 15.6 Å². The molecule has 3 aromatic rings. The van der Waals surface area contributed by atoms with Gasteiger partial charge in [-0.05, 0) is 48.5 Å². The van der Waals surface area contributed by atoms with Crippen molar-refractivity contribution in [2.45, 2.75) is 6.04 Å². The third-order valence-corrected chi connectivity index (χ3v) is 3.74. The molecule has 0 amide bonds. The molecule has 4 nitrogen and oxygen atoms in total. The van der Waals surface area contributed by atoms with Gasteiger partial charge in [-0.25, -0.2) is 9.18 Å². The summed E-state index contributed by atoms with van der Waals surface area (Å²) in [5.41, 5.74) is 2.78. The highest BCUT2D eigenvalue weighted by Crippen LogP contribution is 2.27. The average molecular weight is 351 g/mol. The van der Waals surface area contributed by atoms with E-state index >= 15 is 0 Å². The predicted octanol–water partition coefficient (Wildman–Crippen LogP) is 3.33. The Morgan fingerprint density at radius 1 is 1.24 bits per heavy atom. The Kier molecular flexibility index (Phi) is 3.65. The van der Waals surface area contributed by atoms with Gasteiger partial charge in [0.05, 0.1) is 11.6 Å². The molecular weight excluding hydrogens is 339 g/mol. The molecule has 1 heterocycles. The summed E-state index contributed by atoms with van der Waals surface area (Å²) in [6.45, 7) is 0. The summed E-state index contributed by atoms with van der Waals surface area (Å²) in [6, 6.07) is 9.94. The molecule has 1 aromatic heterocycles. The van der Waals surface area contributed by atoms with Gasteiger partial charge in [0.25, 0.3) is 0 Å². The molecule has 0 aliphatic heterocycles. The first-order valence-corrected chi connectivity index (χ1v) is 7.12. The van der Waals surface area contributed by atoms with E-state index < -0.39 is 5.76 Å². The minimum atomic E-state index is -0.489. The molecule has 0 aliphatic carbocycles. The number of benzene rings is 2. The van der Waals surface area contributed by atoms with Gasteiger partial charge in [-0.2, -0.15) is 0 Å². The number of halogens is 2. The van der Waals surface area contributed by atoms with Gasteiger partial charge in [0.2, 0.25) is 0 Å². The highest BCUT2D eigenvalue weighted by atomic mass is 79.9. The number of rotatable bonds is 3. The zero-order valence-electron chi connectivity index (χ0n) is 11.1. The molecule has 3 rings (SSSR count). The van der Waals surface area contributed by atoms with Crippen molar-refractivity contribution in [2.75, 3.05) is 7.05 Å². The van der Waals surface area contributed by atoms with Gasteiger partial charge in [-0.15, -0.1) is 0 Å². The van der Waals surface area contributed by atoms with E-state index in [1.165, 1.54) is 12.1 Å². The molecule has 0 saturated heterocycles. The van der Waals surface area contributed by atoms with Crippen molar-refractivity contribution in [1.29, 1.82) is 0 Å². The number of aromatic nitrogens is 1. The molecular formula is C15H12BrFN2O2. The van der Waals surface area contributed by atoms with Crippen molar-refractivity contribution >= 4 is 27.0 Å². The van der Waals surface area contributed by atoms with Crippen LogP contribution in [-0.4, -0.2) is 12.0 Å². The smallest absolute Gasteiger partial charge is 0.408 e. The Labute approximate surface area is 128 Å². The van der Waals surface area contributed by atoms with Gasteiger partial charge in [-0.1, -0.05) is 22.0 Å². The molecule has 0 aliphatic rings.